The fraction of sp³-hybridized carbons (Fsp3) is 1.00. The highest BCUT2D eigenvalue weighted by atomic mass is 16.5. The minimum atomic E-state index is 0.544. The third-order valence-electron chi connectivity index (χ3n) is 3.09. The molecule has 2 atom stereocenters. The summed E-state index contributed by atoms with van der Waals surface area (Å²) in [5.74, 6) is 0.850. The molecule has 90 valence electrons. The van der Waals surface area contributed by atoms with Crippen LogP contribution in [-0.4, -0.2) is 50.3 Å². The van der Waals surface area contributed by atoms with Crippen molar-refractivity contribution in [3.05, 3.63) is 0 Å². The number of likely N-dealkylation sites (tertiary alicyclic amines) is 1. The molecule has 0 bridgehead atoms. The molecule has 0 radical (unpaired) electrons. The van der Waals surface area contributed by atoms with Crippen molar-refractivity contribution in [3.8, 4) is 0 Å². The summed E-state index contributed by atoms with van der Waals surface area (Å²) in [4.78, 5) is 2.56. The van der Waals surface area contributed by atoms with Crippen molar-refractivity contribution in [2.45, 2.75) is 39.3 Å². The van der Waals surface area contributed by atoms with E-state index in [0.717, 1.165) is 19.1 Å². The number of rotatable bonds is 6. The van der Waals surface area contributed by atoms with Gasteiger partial charge in [0.2, 0.25) is 0 Å². The Kier molecular flexibility index (Phi) is 5.58. The minimum absolute atomic E-state index is 0.544. The molecule has 2 unspecified atom stereocenters. The van der Waals surface area contributed by atoms with Crippen LogP contribution in [0.15, 0.2) is 0 Å². The molecule has 1 rings (SSSR count). The van der Waals surface area contributed by atoms with Crippen LogP contribution in [0.5, 0.6) is 0 Å². The third-order valence-corrected chi connectivity index (χ3v) is 3.09. The molecular weight excluding hydrogens is 188 g/mol. The summed E-state index contributed by atoms with van der Waals surface area (Å²) in [6.45, 7) is 11.1. The molecule has 1 N–H and O–H groups in total. The van der Waals surface area contributed by atoms with Gasteiger partial charge in [0.15, 0.2) is 0 Å². The topological polar surface area (TPSA) is 24.5 Å². The number of methoxy groups -OCH3 is 1. The van der Waals surface area contributed by atoms with Crippen LogP contribution in [0.3, 0.4) is 0 Å². The number of hydrogen-bond donors (Lipinski definition) is 1. The normalized spacial score (nSPS) is 25.0. The van der Waals surface area contributed by atoms with E-state index in [4.69, 9.17) is 4.74 Å². The first-order chi connectivity index (χ1) is 7.13. The zero-order valence-corrected chi connectivity index (χ0v) is 10.6. The smallest absolute Gasteiger partial charge is 0.0630 e. The van der Waals surface area contributed by atoms with Gasteiger partial charge in [0.1, 0.15) is 0 Å². The van der Waals surface area contributed by atoms with Gasteiger partial charge in [-0.25, -0.2) is 0 Å². The maximum atomic E-state index is 5.30. The number of ether oxygens (including phenoxy) is 1. The molecule has 1 fully saturated rings. The van der Waals surface area contributed by atoms with E-state index >= 15 is 0 Å². The minimum Gasteiger partial charge on any atom is -0.383 e. The zero-order chi connectivity index (χ0) is 11.3. The van der Waals surface area contributed by atoms with E-state index < -0.39 is 0 Å². The second-order valence-corrected chi connectivity index (χ2v) is 5.06. The maximum absolute atomic E-state index is 5.30. The summed E-state index contributed by atoms with van der Waals surface area (Å²) in [5, 5.41) is 3.50. The van der Waals surface area contributed by atoms with Crippen LogP contribution in [0.25, 0.3) is 0 Å². The molecule has 0 aromatic carbocycles. The van der Waals surface area contributed by atoms with E-state index in [1.807, 2.05) is 0 Å². The van der Waals surface area contributed by atoms with Crippen LogP contribution in [0.1, 0.15) is 27.2 Å². The molecular formula is C12H26N2O. The summed E-state index contributed by atoms with van der Waals surface area (Å²) in [7, 11) is 1.79. The van der Waals surface area contributed by atoms with E-state index in [1.165, 1.54) is 19.5 Å². The highest BCUT2D eigenvalue weighted by molar-refractivity contribution is 4.81. The average Bonchev–Trinajstić information content (AvgIpc) is 2.59. The molecule has 15 heavy (non-hydrogen) atoms. The quantitative estimate of drug-likeness (QED) is 0.722. The molecule has 3 heteroatoms. The molecule has 0 aliphatic carbocycles. The number of nitrogens with zero attached hydrogens (tertiary/aromatic N) is 1. The fourth-order valence-corrected chi connectivity index (χ4v) is 2.16. The summed E-state index contributed by atoms with van der Waals surface area (Å²) in [5.41, 5.74) is 0. The first-order valence-corrected chi connectivity index (χ1v) is 6.09. The third kappa shape index (κ3) is 4.49. The molecule has 1 aliphatic heterocycles. The molecule has 0 amide bonds. The lowest BCUT2D eigenvalue weighted by Crippen LogP contribution is -2.45. The van der Waals surface area contributed by atoms with Gasteiger partial charge in [-0.3, -0.25) is 4.90 Å². The van der Waals surface area contributed by atoms with Crippen LogP contribution >= 0.6 is 0 Å². The molecule has 1 saturated heterocycles. The zero-order valence-electron chi connectivity index (χ0n) is 10.6. The second kappa shape index (κ2) is 6.46. The highest BCUT2D eigenvalue weighted by Gasteiger charge is 2.25. The van der Waals surface area contributed by atoms with Crippen molar-refractivity contribution in [2.24, 2.45) is 5.92 Å². The Hall–Kier alpha value is -0.120. The predicted octanol–water partition coefficient (Wildman–Crippen LogP) is 1.34. The molecule has 0 aromatic heterocycles. The lowest BCUT2D eigenvalue weighted by atomic mass is 10.2. The van der Waals surface area contributed by atoms with Crippen molar-refractivity contribution >= 4 is 0 Å². The van der Waals surface area contributed by atoms with Gasteiger partial charge in [-0.15, -0.1) is 0 Å². The van der Waals surface area contributed by atoms with Crippen LogP contribution in [0, 0.1) is 5.92 Å². The standard InChI is InChI=1S/C12H26N2O/c1-10(2)13-7-12(9-15-4)14-6-5-11(3)8-14/h10-13H,5-9H2,1-4H3. The van der Waals surface area contributed by atoms with E-state index in [-0.39, 0.29) is 0 Å². The highest BCUT2D eigenvalue weighted by Crippen LogP contribution is 2.17. The Bertz CT molecular complexity index is 173. The summed E-state index contributed by atoms with van der Waals surface area (Å²) >= 11 is 0. The Morgan fingerprint density at radius 3 is 2.67 bits per heavy atom. The van der Waals surface area contributed by atoms with Gasteiger partial charge in [0, 0.05) is 32.3 Å². The van der Waals surface area contributed by atoms with Crippen molar-refractivity contribution in [1.29, 1.82) is 0 Å². The van der Waals surface area contributed by atoms with Crippen molar-refractivity contribution in [2.75, 3.05) is 33.4 Å². The van der Waals surface area contributed by atoms with Crippen molar-refractivity contribution in [3.63, 3.8) is 0 Å². The van der Waals surface area contributed by atoms with E-state index in [0.29, 0.717) is 12.1 Å². The maximum Gasteiger partial charge on any atom is 0.0630 e. The SMILES string of the molecule is COCC(CNC(C)C)N1CCC(C)C1. The van der Waals surface area contributed by atoms with E-state index in [2.05, 4.69) is 31.0 Å². The molecule has 0 saturated carbocycles. The fourth-order valence-electron chi connectivity index (χ4n) is 2.16. The molecule has 1 heterocycles. The van der Waals surface area contributed by atoms with Crippen LogP contribution in [-0.2, 0) is 4.74 Å². The number of nitrogens with one attached hydrogen (secondary N) is 1. The Morgan fingerprint density at radius 1 is 1.47 bits per heavy atom. The summed E-state index contributed by atoms with van der Waals surface area (Å²) in [6, 6.07) is 1.10. The summed E-state index contributed by atoms with van der Waals surface area (Å²) in [6.07, 6.45) is 1.34. The van der Waals surface area contributed by atoms with Crippen LogP contribution < -0.4 is 5.32 Å². The van der Waals surface area contributed by atoms with Gasteiger partial charge >= 0.3 is 0 Å². The van der Waals surface area contributed by atoms with E-state index in [9.17, 15) is 0 Å². The molecule has 0 spiro atoms. The van der Waals surface area contributed by atoms with E-state index in [1.54, 1.807) is 7.11 Å². The first kappa shape index (κ1) is 12.9. The monoisotopic (exact) mass is 214 g/mol. The lowest BCUT2D eigenvalue weighted by molar-refractivity contribution is 0.101. The van der Waals surface area contributed by atoms with Crippen LogP contribution in [0.2, 0.25) is 0 Å². The average molecular weight is 214 g/mol. The Morgan fingerprint density at radius 2 is 2.20 bits per heavy atom. The number of hydrogen-bond acceptors (Lipinski definition) is 3. The van der Waals surface area contributed by atoms with Gasteiger partial charge in [0.05, 0.1) is 6.61 Å². The van der Waals surface area contributed by atoms with Gasteiger partial charge < -0.3 is 10.1 Å². The summed E-state index contributed by atoms with van der Waals surface area (Å²) < 4.78 is 5.30. The largest absolute Gasteiger partial charge is 0.383 e. The van der Waals surface area contributed by atoms with Gasteiger partial charge in [-0.2, -0.15) is 0 Å². The second-order valence-electron chi connectivity index (χ2n) is 5.06. The van der Waals surface area contributed by atoms with Gasteiger partial charge in [0.25, 0.3) is 0 Å². The predicted molar refractivity (Wildman–Crippen MR) is 64.2 cm³/mol. The Labute approximate surface area is 94.2 Å². The van der Waals surface area contributed by atoms with Crippen molar-refractivity contribution < 1.29 is 4.74 Å². The molecule has 3 nitrogen and oxygen atoms in total. The Balaban J connectivity index is 2.35. The van der Waals surface area contributed by atoms with Crippen LogP contribution in [0.4, 0.5) is 0 Å². The van der Waals surface area contributed by atoms with Crippen molar-refractivity contribution in [1.82, 2.24) is 10.2 Å². The van der Waals surface area contributed by atoms with Gasteiger partial charge in [-0.05, 0) is 18.9 Å². The first-order valence-electron chi connectivity index (χ1n) is 6.09. The van der Waals surface area contributed by atoms with Gasteiger partial charge in [-0.1, -0.05) is 20.8 Å². The molecule has 0 aromatic rings. The lowest BCUT2D eigenvalue weighted by Gasteiger charge is -2.28. The molecule has 1 aliphatic rings.